The van der Waals surface area contributed by atoms with Gasteiger partial charge in [-0.3, -0.25) is 9.89 Å². The number of rotatable bonds is 6. The van der Waals surface area contributed by atoms with Crippen molar-refractivity contribution in [3.05, 3.63) is 36.0 Å². The molecule has 2 aromatic rings. The van der Waals surface area contributed by atoms with Gasteiger partial charge in [0.05, 0.1) is 31.6 Å². The van der Waals surface area contributed by atoms with Crippen LogP contribution in [0.25, 0.3) is 11.3 Å². The molecular formula is C18H23N3O4. The van der Waals surface area contributed by atoms with E-state index in [4.69, 9.17) is 14.2 Å². The number of hydrogen-bond donors (Lipinski definition) is 1. The van der Waals surface area contributed by atoms with Crippen molar-refractivity contribution in [2.45, 2.75) is 18.6 Å². The molecule has 3 rings (SSSR count). The molecule has 1 N–H and O–H groups in total. The monoisotopic (exact) mass is 345 g/mol. The summed E-state index contributed by atoms with van der Waals surface area (Å²) < 4.78 is 15.8. The maximum Gasteiger partial charge on any atom is 0.272 e. The van der Waals surface area contributed by atoms with Crippen molar-refractivity contribution >= 4 is 5.91 Å². The summed E-state index contributed by atoms with van der Waals surface area (Å²) in [6.07, 6.45) is 0.809. The molecule has 1 aliphatic heterocycles. The Kier molecular flexibility index (Phi) is 5.35. The van der Waals surface area contributed by atoms with Crippen LogP contribution >= 0.6 is 0 Å². The summed E-state index contributed by atoms with van der Waals surface area (Å²) in [5, 5.41) is 7.12. The fraction of sp³-hybridized carbons (Fsp3) is 0.444. The molecule has 134 valence electrons. The van der Waals surface area contributed by atoms with E-state index in [-0.39, 0.29) is 18.1 Å². The van der Waals surface area contributed by atoms with Crippen LogP contribution in [0.3, 0.4) is 0 Å². The van der Waals surface area contributed by atoms with E-state index in [1.54, 1.807) is 32.3 Å². The van der Waals surface area contributed by atoms with Gasteiger partial charge in [0.1, 0.15) is 11.4 Å². The van der Waals surface area contributed by atoms with E-state index in [9.17, 15) is 4.79 Å². The summed E-state index contributed by atoms with van der Waals surface area (Å²) in [5.74, 6) is 0.689. The minimum Gasteiger partial charge on any atom is -0.497 e. The first kappa shape index (κ1) is 17.4. The lowest BCUT2D eigenvalue weighted by molar-refractivity contribution is 0.0606. The summed E-state index contributed by atoms with van der Waals surface area (Å²) in [7, 11) is 4.93. The number of ether oxygens (including phenoxy) is 3. The summed E-state index contributed by atoms with van der Waals surface area (Å²) >= 11 is 0. The highest BCUT2D eigenvalue weighted by Gasteiger charge is 2.36. The van der Waals surface area contributed by atoms with E-state index in [0.717, 1.165) is 23.4 Å². The third-order valence-corrected chi connectivity index (χ3v) is 4.52. The van der Waals surface area contributed by atoms with Gasteiger partial charge in [0, 0.05) is 26.3 Å². The molecular weight excluding hydrogens is 322 g/mol. The molecule has 1 fully saturated rings. The summed E-state index contributed by atoms with van der Waals surface area (Å²) in [4.78, 5) is 14.7. The van der Waals surface area contributed by atoms with Crippen LogP contribution in [0.2, 0.25) is 0 Å². The van der Waals surface area contributed by atoms with Crippen LogP contribution in [-0.2, 0) is 9.47 Å². The lowest BCUT2D eigenvalue weighted by Crippen LogP contribution is -2.38. The zero-order chi connectivity index (χ0) is 17.8. The van der Waals surface area contributed by atoms with E-state index in [1.165, 1.54) is 0 Å². The van der Waals surface area contributed by atoms with Crippen molar-refractivity contribution < 1.29 is 19.0 Å². The predicted molar refractivity (Wildman–Crippen MR) is 92.7 cm³/mol. The minimum absolute atomic E-state index is 0.00943. The quantitative estimate of drug-likeness (QED) is 0.866. The molecule has 1 saturated heterocycles. The minimum atomic E-state index is -0.0890. The molecule has 1 amide bonds. The topological polar surface area (TPSA) is 76.7 Å². The van der Waals surface area contributed by atoms with Crippen molar-refractivity contribution in [2.75, 3.05) is 34.5 Å². The van der Waals surface area contributed by atoms with Crippen molar-refractivity contribution in [3.8, 4) is 17.0 Å². The standard InChI is InChI=1S/C18H23N3O4/c1-23-11-13-8-15(25-3)10-21(13)18(22)17-9-16(19-20-17)12-4-6-14(24-2)7-5-12/h4-7,9,13,15H,8,10-11H2,1-3H3,(H,19,20)/t13-,15+/m0/s1. The maximum atomic E-state index is 12.9. The van der Waals surface area contributed by atoms with Gasteiger partial charge in [-0.15, -0.1) is 0 Å². The molecule has 1 aromatic carbocycles. The number of carbonyl (C=O) groups excluding carboxylic acids is 1. The van der Waals surface area contributed by atoms with Crippen molar-refractivity contribution in [2.24, 2.45) is 0 Å². The lowest BCUT2D eigenvalue weighted by Gasteiger charge is -2.22. The van der Waals surface area contributed by atoms with Gasteiger partial charge in [0.25, 0.3) is 5.91 Å². The highest BCUT2D eigenvalue weighted by atomic mass is 16.5. The Balaban J connectivity index is 1.77. The fourth-order valence-corrected chi connectivity index (χ4v) is 3.14. The first-order chi connectivity index (χ1) is 12.2. The molecule has 0 saturated carbocycles. The van der Waals surface area contributed by atoms with Crippen molar-refractivity contribution in [1.82, 2.24) is 15.1 Å². The van der Waals surface area contributed by atoms with Crippen LogP contribution < -0.4 is 4.74 Å². The zero-order valence-corrected chi connectivity index (χ0v) is 14.7. The number of H-pyrrole nitrogens is 1. The average molecular weight is 345 g/mol. The molecule has 1 aromatic heterocycles. The van der Waals surface area contributed by atoms with E-state index < -0.39 is 0 Å². The number of benzene rings is 1. The third-order valence-electron chi connectivity index (χ3n) is 4.52. The van der Waals surface area contributed by atoms with Crippen LogP contribution in [0, 0.1) is 0 Å². The van der Waals surface area contributed by atoms with E-state index >= 15 is 0 Å². The Morgan fingerprint density at radius 2 is 2.04 bits per heavy atom. The van der Waals surface area contributed by atoms with Crippen LogP contribution in [-0.4, -0.2) is 67.6 Å². The Morgan fingerprint density at radius 1 is 1.28 bits per heavy atom. The molecule has 7 nitrogen and oxygen atoms in total. The Bertz CT molecular complexity index is 713. The van der Waals surface area contributed by atoms with Crippen molar-refractivity contribution in [3.63, 3.8) is 0 Å². The summed E-state index contributed by atoms with van der Waals surface area (Å²) in [6.45, 7) is 1.05. The predicted octanol–water partition coefficient (Wildman–Crippen LogP) is 1.96. The number of hydrogen-bond acceptors (Lipinski definition) is 5. The normalized spacial score (nSPS) is 20.0. The van der Waals surface area contributed by atoms with Gasteiger partial charge in [-0.05, 0) is 36.8 Å². The number of likely N-dealkylation sites (tertiary alicyclic amines) is 1. The molecule has 25 heavy (non-hydrogen) atoms. The van der Waals surface area contributed by atoms with Crippen molar-refractivity contribution in [1.29, 1.82) is 0 Å². The van der Waals surface area contributed by atoms with Crippen LogP contribution in [0.15, 0.2) is 30.3 Å². The molecule has 0 unspecified atom stereocenters. The second kappa shape index (κ2) is 7.67. The molecule has 0 spiro atoms. The van der Waals surface area contributed by atoms with Crippen LogP contribution in [0.4, 0.5) is 0 Å². The lowest BCUT2D eigenvalue weighted by atomic mass is 10.1. The van der Waals surface area contributed by atoms with Gasteiger partial charge in [-0.2, -0.15) is 5.10 Å². The Hall–Kier alpha value is -2.38. The van der Waals surface area contributed by atoms with Gasteiger partial charge in [-0.1, -0.05) is 0 Å². The largest absolute Gasteiger partial charge is 0.497 e. The maximum absolute atomic E-state index is 12.9. The van der Waals surface area contributed by atoms with Gasteiger partial charge in [0.15, 0.2) is 0 Å². The molecule has 2 heterocycles. The average Bonchev–Trinajstić information content (AvgIpc) is 3.29. The smallest absolute Gasteiger partial charge is 0.272 e. The first-order valence-electron chi connectivity index (χ1n) is 8.18. The number of carbonyl (C=O) groups is 1. The number of methoxy groups -OCH3 is 3. The second-order valence-corrected chi connectivity index (χ2v) is 6.06. The molecule has 0 radical (unpaired) electrons. The molecule has 2 atom stereocenters. The fourth-order valence-electron chi connectivity index (χ4n) is 3.14. The summed E-state index contributed by atoms with van der Waals surface area (Å²) in [5.41, 5.74) is 2.10. The second-order valence-electron chi connectivity index (χ2n) is 6.06. The number of aromatic nitrogens is 2. The SMILES string of the molecule is COC[C@@H]1C[C@@H](OC)CN1C(=O)c1cc(-c2ccc(OC)cc2)n[nH]1. The third kappa shape index (κ3) is 3.67. The van der Waals surface area contributed by atoms with Crippen LogP contribution in [0.5, 0.6) is 5.75 Å². The Labute approximate surface area is 146 Å². The van der Waals surface area contributed by atoms with Gasteiger partial charge in [0.2, 0.25) is 0 Å². The van der Waals surface area contributed by atoms with Gasteiger partial charge >= 0.3 is 0 Å². The first-order valence-corrected chi connectivity index (χ1v) is 8.18. The number of amides is 1. The highest BCUT2D eigenvalue weighted by Crippen LogP contribution is 2.25. The number of aromatic amines is 1. The molecule has 7 heteroatoms. The summed E-state index contributed by atoms with van der Waals surface area (Å²) in [6, 6.07) is 9.33. The number of nitrogens with zero attached hydrogens (tertiary/aromatic N) is 2. The molecule has 1 aliphatic rings. The number of nitrogens with one attached hydrogen (secondary N) is 1. The van der Waals surface area contributed by atoms with E-state index in [0.29, 0.717) is 18.8 Å². The molecule has 0 aliphatic carbocycles. The van der Waals surface area contributed by atoms with Gasteiger partial charge in [-0.25, -0.2) is 0 Å². The Morgan fingerprint density at radius 3 is 2.68 bits per heavy atom. The van der Waals surface area contributed by atoms with E-state index in [1.807, 2.05) is 24.3 Å². The van der Waals surface area contributed by atoms with Crippen LogP contribution in [0.1, 0.15) is 16.9 Å². The molecule has 0 bridgehead atoms. The highest BCUT2D eigenvalue weighted by molar-refractivity contribution is 5.93. The zero-order valence-electron chi connectivity index (χ0n) is 14.7. The van der Waals surface area contributed by atoms with E-state index in [2.05, 4.69) is 10.2 Å². The van der Waals surface area contributed by atoms with Gasteiger partial charge < -0.3 is 19.1 Å².